The normalized spacial score (nSPS) is 19.3. The summed E-state index contributed by atoms with van der Waals surface area (Å²) in [6, 6.07) is 6.46. The van der Waals surface area contributed by atoms with Crippen LogP contribution in [0.1, 0.15) is 44.7 Å². The zero-order valence-electron chi connectivity index (χ0n) is 16.0. The number of hydrogen-bond acceptors (Lipinski definition) is 6. The number of rotatable bonds is 3. The van der Waals surface area contributed by atoms with E-state index in [1.165, 1.54) is 11.1 Å². The van der Waals surface area contributed by atoms with Crippen molar-refractivity contribution in [2.75, 3.05) is 26.2 Å². The van der Waals surface area contributed by atoms with Crippen LogP contribution in [0.4, 0.5) is 4.79 Å². The molecule has 2 aliphatic rings. The predicted molar refractivity (Wildman–Crippen MR) is 99.3 cm³/mol. The molecule has 6 nitrogen and oxygen atoms in total. The molecule has 0 unspecified atom stereocenters. The molecule has 0 radical (unpaired) electrons. The van der Waals surface area contributed by atoms with Gasteiger partial charge in [0, 0.05) is 25.9 Å². The van der Waals surface area contributed by atoms with Crippen molar-refractivity contribution >= 4 is 6.16 Å². The van der Waals surface area contributed by atoms with Gasteiger partial charge in [0.15, 0.2) is 0 Å². The van der Waals surface area contributed by atoms with E-state index in [4.69, 9.17) is 14.3 Å². The fraction of sp³-hybridized carbons (Fsp3) is 0.650. The fourth-order valence-corrected chi connectivity index (χ4v) is 3.33. The average molecular weight is 362 g/mol. The Labute approximate surface area is 155 Å². The largest absolute Gasteiger partial charge is 0.528 e. The van der Waals surface area contributed by atoms with Gasteiger partial charge in [0.2, 0.25) is 0 Å². The van der Waals surface area contributed by atoms with Gasteiger partial charge in [-0.05, 0) is 70.0 Å². The van der Waals surface area contributed by atoms with Gasteiger partial charge in [-0.3, -0.25) is 0 Å². The summed E-state index contributed by atoms with van der Waals surface area (Å²) in [5, 5.41) is 5.09. The molecule has 144 valence electrons. The summed E-state index contributed by atoms with van der Waals surface area (Å²) in [5.74, 6) is 0.942. The average Bonchev–Trinajstić information content (AvgIpc) is 2.80. The highest BCUT2D eigenvalue weighted by Crippen LogP contribution is 2.24. The van der Waals surface area contributed by atoms with E-state index in [0.29, 0.717) is 13.1 Å². The summed E-state index contributed by atoms with van der Waals surface area (Å²) in [5.41, 5.74) is 2.26. The van der Waals surface area contributed by atoms with Crippen LogP contribution in [0.25, 0.3) is 0 Å². The van der Waals surface area contributed by atoms with Crippen molar-refractivity contribution < 1.29 is 19.1 Å². The second-order valence-corrected chi connectivity index (χ2v) is 7.98. The quantitative estimate of drug-likeness (QED) is 0.834. The second-order valence-electron chi connectivity index (χ2n) is 7.98. The third-order valence-electron chi connectivity index (χ3n) is 4.62. The van der Waals surface area contributed by atoms with Gasteiger partial charge in [-0.15, -0.1) is 5.06 Å². The van der Waals surface area contributed by atoms with E-state index in [-0.39, 0.29) is 6.10 Å². The molecule has 0 spiro atoms. The Bertz CT molecular complexity index is 619. The first-order valence-electron chi connectivity index (χ1n) is 9.54. The summed E-state index contributed by atoms with van der Waals surface area (Å²) in [6.45, 7) is 8.85. The molecule has 1 aromatic rings. The molecule has 1 fully saturated rings. The van der Waals surface area contributed by atoms with Crippen LogP contribution in [0, 0.1) is 0 Å². The first kappa shape index (κ1) is 19.0. The minimum absolute atomic E-state index is 0.149. The molecule has 0 saturated carbocycles. The summed E-state index contributed by atoms with van der Waals surface area (Å²) in [7, 11) is 0. The Morgan fingerprint density at radius 3 is 2.50 bits per heavy atom. The monoisotopic (exact) mass is 362 g/mol. The molecule has 0 atom stereocenters. The van der Waals surface area contributed by atoms with E-state index in [1.54, 1.807) is 5.06 Å². The molecule has 1 saturated heterocycles. The number of nitrogens with one attached hydrogen (secondary N) is 1. The molecule has 2 aliphatic heterocycles. The van der Waals surface area contributed by atoms with Gasteiger partial charge in [0.05, 0.1) is 0 Å². The van der Waals surface area contributed by atoms with E-state index >= 15 is 0 Å². The van der Waals surface area contributed by atoms with Crippen molar-refractivity contribution in [3.63, 3.8) is 0 Å². The summed E-state index contributed by atoms with van der Waals surface area (Å²) in [4.78, 5) is 17.0. The Balaban J connectivity index is 1.47. The van der Waals surface area contributed by atoms with Crippen molar-refractivity contribution in [3.8, 4) is 5.75 Å². The smallest absolute Gasteiger partial charge is 0.490 e. The van der Waals surface area contributed by atoms with Crippen LogP contribution in [-0.4, -0.2) is 49.1 Å². The topological polar surface area (TPSA) is 60.0 Å². The minimum Gasteiger partial charge on any atom is -0.490 e. The molecule has 2 heterocycles. The van der Waals surface area contributed by atoms with Crippen molar-refractivity contribution in [2.45, 2.75) is 58.2 Å². The fourth-order valence-electron chi connectivity index (χ4n) is 3.33. The van der Waals surface area contributed by atoms with Crippen LogP contribution >= 0.6 is 0 Å². The maximum absolute atomic E-state index is 11.7. The lowest BCUT2D eigenvalue weighted by atomic mass is 10.0. The number of hydroxylamine groups is 2. The van der Waals surface area contributed by atoms with Crippen molar-refractivity contribution in [2.24, 2.45) is 0 Å². The first-order chi connectivity index (χ1) is 12.4. The highest BCUT2D eigenvalue weighted by atomic mass is 16.8. The molecular weight excluding hydrogens is 332 g/mol. The number of carbonyl (C=O) groups is 1. The Hall–Kier alpha value is -1.79. The summed E-state index contributed by atoms with van der Waals surface area (Å²) in [6.07, 6.45) is 3.28. The van der Waals surface area contributed by atoms with Crippen LogP contribution in [0.2, 0.25) is 0 Å². The molecule has 0 aromatic heterocycles. The second kappa shape index (κ2) is 8.27. The lowest BCUT2D eigenvalue weighted by Gasteiger charge is -2.31. The maximum atomic E-state index is 11.7. The summed E-state index contributed by atoms with van der Waals surface area (Å²) >= 11 is 0. The van der Waals surface area contributed by atoms with E-state index in [9.17, 15) is 4.79 Å². The molecule has 1 N–H and O–H groups in total. The van der Waals surface area contributed by atoms with Crippen LogP contribution in [0.3, 0.4) is 0 Å². The van der Waals surface area contributed by atoms with Gasteiger partial charge in [-0.25, -0.2) is 4.79 Å². The van der Waals surface area contributed by atoms with Crippen LogP contribution in [0.5, 0.6) is 5.75 Å². The molecule has 6 heteroatoms. The number of nitrogens with zero attached hydrogens (tertiary/aromatic N) is 1. The van der Waals surface area contributed by atoms with Gasteiger partial charge in [0.25, 0.3) is 0 Å². The number of benzene rings is 1. The van der Waals surface area contributed by atoms with Gasteiger partial charge in [0.1, 0.15) is 17.5 Å². The molecule has 26 heavy (non-hydrogen) atoms. The van der Waals surface area contributed by atoms with Crippen molar-refractivity contribution in [1.29, 1.82) is 0 Å². The SMILES string of the molecule is CC(C)(C)OC(=O)ON1CCC(Oc2ccc3c(c2)CCNCC3)CC1. The predicted octanol–water partition coefficient (Wildman–Crippen LogP) is 3.08. The number of hydrogen-bond donors (Lipinski definition) is 1. The Kier molecular flexibility index (Phi) is 6.04. The van der Waals surface area contributed by atoms with Crippen LogP contribution in [-0.2, 0) is 22.4 Å². The number of piperidine rings is 1. The third-order valence-corrected chi connectivity index (χ3v) is 4.62. The molecule has 0 bridgehead atoms. The number of ether oxygens (including phenoxy) is 2. The van der Waals surface area contributed by atoms with E-state index in [1.807, 2.05) is 20.8 Å². The van der Waals surface area contributed by atoms with Gasteiger partial charge < -0.3 is 19.6 Å². The lowest BCUT2D eigenvalue weighted by molar-refractivity contribution is -0.158. The zero-order chi connectivity index (χ0) is 18.6. The zero-order valence-corrected chi connectivity index (χ0v) is 16.0. The van der Waals surface area contributed by atoms with Crippen molar-refractivity contribution in [1.82, 2.24) is 10.4 Å². The first-order valence-corrected chi connectivity index (χ1v) is 9.54. The van der Waals surface area contributed by atoms with Gasteiger partial charge >= 0.3 is 6.16 Å². The van der Waals surface area contributed by atoms with Crippen LogP contribution < -0.4 is 10.1 Å². The molecular formula is C20H30N2O4. The molecule has 0 amide bonds. The highest BCUT2D eigenvalue weighted by Gasteiger charge is 2.26. The van der Waals surface area contributed by atoms with Crippen LogP contribution in [0.15, 0.2) is 18.2 Å². The molecule has 0 aliphatic carbocycles. The third kappa shape index (κ3) is 5.61. The maximum Gasteiger partial charge on any atom is 0.528 e. The Morgan fingerprint density at radius 2 is 1.81 bits per heavy atom. The van der Waals surface area contributed by atoms with Gasteiger partial charge in [-0.2, -0.15) is 0 Å². The standard InChI is InChI=1S/C20H30N2O4/c1-20(2,3)25-19(23)26-22-12-8-17(9-13-22)24-18-5-4-15-6-10-21-11-7-16(15)14-18/h4-5,14,17,21H,6-13H2,1-3H3. The van der Waals surface area contributed by atoms with E-state index in [2.05, 4.69) is 23.5 Å². The Morgan fingerprint density at radius 1 is 1.12 bits per heavy atom. The van der Waals surface area contributed by atoms with Gasteiger partial charge in [-0.1, -0.05) is 6.07 Å². The minimum atomic E-state index is -0.642. The summed E-state index contributed by atoms with van der Waals surface area (Å²) < 4.78 is 11.4. The van der Waals surface area contributed by atoms with Crippen molar-refractivity contribution in [3.05, 3.63) is 29.3 Å². The number of carbonyl (C=O) groups excluding carboxylic acids is 1. The number of fused-ring (bicyclic) bond motifs is 1. The highest BCUT2D eigenvalue weighted by molar-refractivity contribution is 5.60. The molecule has 3 rings (SSSR count). The molecule has 1 aromatic carbocycles. The lowest BCUT2D eigenvalue weighted by Crippen LogP contribution is -2.40. The van der Waals surface area contributed by atoms with E-state index in [0.717, 1.165) is 44.5 Å². The van der Waals surface area contributed by atoms with E-state index < -0.39 is 11.8 Å².